The van der Waals surface area contributed by atoms with E-state index in [1.54, 1.807) is 0 Å². The molecule has 0 saturated heterocycles. The standard InChI is InChI=1S/C10H24N2S/c1-10(11-2)6-5-8-13-9-7-12(3)4/h10-11H,5-9H2,1-4H3. The number of nitrogens with one attached hydrogen (secondary N) is 1. The molecule has 0 rings (SSSR count). The van der Waals surface area contributed by atoms with Crippen molar-refractivity contribution in [1.82, 2.24) is 10.2 Å². The van der Waals surface area contributed by atoms with Crippen molar-refractivity contribution in [2.45, 2.75) is 25.8 Å². The molecule has 80 valence electrons. The van der Waals surface area contributed by atoms with Crippen molar-refractivity contribution in [3.8, 4) is 0 Å². The smallest absolute Gasteiger partial charge is 0.00662 e. The van der Waals surface area contributed by atoms with Crippen LogP contribution in [0.1, 0.15) is 19.8 Å². The van der Waals surface area contributed by atoms with E-state index in [2.05, 4.69) is 43.0 Å². The minimum Gasteiger partial charge on any atom is -0.317 e. The predicted octanol–water partition coefficient (Wildman–Crippen LogP) is 1.67. The fourth-order valence-electron chi connectivity index (χ4n) is 0.985. The highest BCUT2D eigenvalue weighted by Gasteiger charge is 1.97. The molecule has 0 amide bonds. The summed E-state index contributed by atoms with van der Waals surface area (Å²) in [5, 5.41) is 3.26. The van der Waals surface area contributed by atoms with Crippen LogP contribution in [0.3, 0.4) is 0 Å². The summed E-state index contributed by atoms with van der Waals surface area (Å²) in [6.07, 6.45) is 2.63. The van der Waals surface area contributed by atoms with Crippen LogP contribution in [-0.4, -0.2) is 50.1 Å². The number of thioether (sulfide) groups is 1. The van der Waals surface area contributed by atoms with Gasteiger partial charge < -0.3 is 10.2 Å². The van der Waals surface area contributed by atoms with Gasteiger partial charge in [-0.1, -0.05) is 0 Å². The van der Waals surface area contributed by atoms with Crippen molar-refractivity contribution in [2.24, 2.45) is 0 Å². The third kappa shape index (κ3) is 10.2. The second kappa shape index (κ2) is 8.85. The van der Waals surface area contributed by atoms with Crippen molar-refractivity contribution in [3.05, 3.63) is 0 Å². The molecule has 0 heterocycles. The molecule has 0 aliphatic carbocycles. The first-order valence-corrected chi connectivity index (χ1v) is 6.22. The van der Waals surface area contributed by atoms with Gasteiger partial charge in [-0.2, -0.15) is 11.8 Å². The van der Waals surface area contributed by atoms with E-state index < -0.39 is 0 Å². The summed E-state index contributed by atoms with van der Waals surface area (Å²) >= 11 is 2.06. The molecule has 13 heavy (non-hydrogen) atoms. The van der Waals surface area contributed by atoms with Crippen molar-refractivity contribution in [3.63, 3.8) is 0 Å². The van der Waals surface area contributed by atoms with Gasteiger partial charge in [0.15, 0.2) is 0 Å². The van der Waals surface area contributed by atoms with Crippen LogP contribution in [-0.2, 0) is 0 Å². The molecule has 0 bridgehead atoms. The van der Waals surface area contributed by atoms with Gasteiger partial charge in [-0.05, 0) is 46.7 Å². The van der Waals surface area contributed by atoms with Crippen LogP contribution < -0.4 is 5.32 Å². The minimum absolute atomic E-state index is 0.675. The minimum atomic E-state index is 0.675. The molecular weight excluding hydrogens is 180 g/mol. The summed E-state index contributed by atoms with van der Waals surface area (Å²) in [5.41, 5.74) is 0. The monoisotopic (exact) mass is 204 g/mol. The topological polar surface area (TPSA) is 15.3 Å². The van der Waals surface area contributed by atoms with Crippen LogP contribution in [0.4, 0.5) is 0 Å². The normalized spacial score (nSPS) is 13.6. The van der Waals surface area contributed by atoms with E-state index in [1.807, 2.05) is 7.05 Å². The maximum atomic E-state index is 3.26. The summed E-state index contributed by atoms with van der Waals surface area (Å²) in [7, 11) is 6.29. The van der Waals surface area contributed by atoms with Crippen molar-refractivity contribution in [2.75, 3.05) is 39.2 Å². The Morgan fingerprint density at radius 3 is 2.54 bits per heavy atom. The predicted molar refractivity (Wildman–Crippen MR) is 63.6 cm³/mol. The Morgan fingerprint density at radius 2 is 2.00 bits per heavy atom. The highest BCUT2D eigenvalue weighted by molar-refractivity contribution is 7.99. The summed E-state index contributed by atoms with van der Waals surface area (Å²) in [4.78, 5) is 2.24. The molecule has 0 aromatic carbocycles. The molecular formula is C10H24N2S. The van der Waals surface area contributed by atoms with E-state index in [9.17, 15) is 0 Å². The average Bonchev–Trinajstić information content (AvgIpc) is 2.10. The lowest BCUT2D eigenvalue weighted by Gasteiger charge is -2.10. The zero-order chi connectivity index (χ0) is 10.1. The van der Waals surface area contributed by atoms with Crippen molar-refractivity contribution < 1.29 is 0 Å². The molecule has 1 N–H and O–H groups in total. The fourth-order valence-corrected chi connectivity index (χ4v) is 2.05. The van der Waals surface area contributed by atoms with Crippen molar-refractivity contribution >= 4 is 11.8 Å². The zero-order valence-electron chi connectivity index (χ0n) is 9.47. The zero-order valence-corrected chi connectivity index (χ0v) is 10.3. The fraction of sp³-hybridized carbons (Fsp3) is 1.00. The second-order valence-electron chi connectivity index (χ2n) is 3.75. The highest BCUT2D eigenvalue weighted by atomic mass is 32.2. The summed E-state index contributed by atoms with van der Waals surface area (Å²) < 4.78 is 0. The van der Waals surface area contributed by atoms with E-state index >= 15 is 0 Å². The lowest BCUT2D eigenvalue weighted by atomic mass is 10.2. The van der Waals surface area contributed by atoms with Crippen LogP contribution in [0.2, 0.25) is 0 Å². The SMILES string of the molecule is CNC(C)CCCSCCN(C)C. The Morgan fingerprint density at radius 1 is 1.31 bits per heavy atom. The first-order valence-electron chi connectivity index (χ1n) is 5.06. The first kappa shape index (κ1) is 13.3. The van der Waals surface area contributed by atoms with E-state index in [0.29, 0.717) is 6.04 Å². The number of nitrogens with zero attached hydrogens (tertiary/aromatic N) is 1. The Hall–Kier alpha value is 0.270. The van der Waals surface area contributed by atoms with Gasteiger partial charge in [0, 0.05) is 18.3 Å². The third-order valence-electron chi connectivity index (χ3n) is 2.10. The van der Waals surface area contributed by atoms with Crippen LogP contribution >= 0.6 is 11.8 Å². The lowest BCUT2D eigenvalue weighted by molar-refractivity contribution is 0.437. The van der Waals surface area contributed by atoms with Crippen LogP contribution in [0.25, 0.3) is 0 Å². The van der Waals surface area contributed by atoms with Gasteiger partial charge in [-0.15, -0.1) is 0 Å². The van der Waals surface area contributed by atoms with Crippen LogP contribution in [0.15, 0.2) is 0 Å². The summed E-state index contributed by atoms with van der Waals surface area (Å²) in [6, 6.07) is 0.675. The molecule has 0 saturated carbocycles. The Bertz CT molecular complexity index is 107. The van der Waals surface area contributed by atoms with Gasteiger partial charge in [-0.25, -0.2) is 0 Å². The van der Waals surface area contributed by atoms with E-state index in [0.717, 1.165) is 0 Å². The van der Waals surface area contributed by atoms with Crippen LogP contribution in [0.5, 0.6) is 0 Å². The van der Waals surface area contributed by atoms with Gasteiger partial charge in [0.25, 0.3) is 0 Å². The maximum Gasteiger partial charge on any atom is 0.00662 e. The molecule has 0 aromatic rings. The number of hydrogen-bond acceptors (Lipinski definition) is 3. The highest BCUT2D eigenvalue weighted by Crippen LogP contribution is 2.06. The van der Waals surface area contributed by atoms with E-state index in [4.69, 9.17) is 0 Å². The molecule has 0 radical (unpaired) electrons. The lowest BCUT2D eigenvalue weighted by Crippen LogP contribution is -2.21. The molecule has 0 aliphatic heterocycles. The van der Waals surface area contributed by atoms with Gasteiger partial charge in [-0.3, -0.25) is 0 Å². The molecule has 0 spiro atoms. The Labute approximate surface area is 87.5 Å². The third-order valence-corrected chi connectivity index (χ3v) is 3.15. The maximum absolute atomic E-state index is 3.26. The van der Waals surface area contributed by atoms with Gasteiger partial charge >= 0.3 is 0 Å². The second-order valence-corrected chi connectivity index (χ2v) is 4.97. The number of hydrogen-bond donors (Lipinski definition) is 1. The molecule has 2 nitrogen and oxygen atoms in total. The summed E-state index contributed by atoms with van der Waals surface area (Å²) in [6.45, 7) is 3.44. The van der Waals surface area contributed by atoms with E-state index in [-0.39, 0.29) is 0 Å². The summed E-state index contributed by atoms with van der Waals surface area (Å²) in [5.74, 6) is 2.57. The molecule has 0 fully saturated rings. The quantitative estimate of drug-likeness (QED) is 0.606. The molecule has 3 heteroatoms. The Kier molecular flexibility index (Phi) is 9.03. The molecule has 1 atom stereocenters. The van der Waals surface area contributed by atoms with Gasteiger partial charge in [0.05, 0.1) is 0 Å². The van der Waals surface area contributed by atoms with E-state index in [1.165, 1.54) is 30.9 Å². The van der Waals surface area contributed by atoms with Crippen LogP contribution in [0, 0.1) is 0 Å². The molecule has 0 aliphatic rings. The molecule has 1 unspecified atom stereocenters. The van der Waals surface area contributed by atoms with Crippen molar-refractivity contribution in [1.29, 1.82) is 0 Å². The van der Waals surface area contributed by atoms with Gasteiger partial charge in [0.1, 0.15) is 0 Å². The largest absolute Gasteiger partial charge is 0.317 e. The van der Waals surface area contributed by atoms with Gasteiger partial charge in [0.2, 0.25) is 0 Å². The Balaban J connectivity index is 2.99. The average molecular weight is 204 g/mol. The first-order chi connectivity index (χ1) is 6.16. The number of rotatable bonds is 8. The molecule has 0 aromatic heterocycles.